The molecule has 9 nitrogen and oxygen atoms in total. The average molecular weight is 367 g/mol. The largest absolute Gasteiger partial charge is 0.480 e. The highest BCUT2D eigenvalue weighted by molar-refractivity contribution is 5.92. The third-order valence-corrected chi connectivity index (χ3v) is 5.45. The highest BCUT2D eigenvalue weighted by Gasteiger charge is 2.30. The number of nitrogens with zero attached hydrogens (tertiary/aromatic N) is 6. The lowest BCUT2D eigenvalue weighted by atomic mass is 9.96. The summed E-state index contributed by atoms with van der Waals surface area (Å²) in [5, 5.41) is 20.2. The Labute approximate surface area is 155 Å². The molecule has 9 heteroatoms. The fourth-order valence-electron chi connectivity index (χ4n) is 3.70. The monoisotopic (exact) mass is 367 g/mol. The highest BCUT2D eigenvalue weighted by atomic mass is 16.5. The van der Waals surface area contributed by atoms with Crippen molar-refractivity contribution in [2.75, 3.05) is 20.2 Å². The number of fused-ring (bicyclic) bond motifs is 1. The maximum atomic E-state index is 12.7. The van der Waals surface area contributed by atoms with Crippen molar-refractivity contribution >= 4 is 11.6 Å². The lowest BCUT2D eigenvalue weighted by Gasteiger charge is -2.30. The molecular formula is C18H21N7O2. The second kappa shape index (κ2) is 6.33. The molecule has 3 aromatic heterocycles. The van der Waals surface area contributed by atoms with E-state index in [2.05, 4.69) is 25.5 Å². The predicted octanol–water partition coefficient (Wildman–Crippen LogP) is 1.75. The number of amides is 1. The first-order chi connectivity index (χ1) is 13.2. The Morgan fingerprint density at radius 2 is 1.96 bits per heavy atom. The van der Waals surface area contributed by atoms with Crippen LogP contribution in [0.3, 0.4) is 0 Å². The SMILES string of the molecule is COc1ccc2nnc(C3CCN(C(=O)c4cc(C5CC5)[nH]n4)CC3)n2n1. The summed E-state index contributed by atoms with van der Waals surface area (Å²) < 4.78 is 6.95. The van der Waals surface area contributed by atoms with Crippen molar-refractivity contribution in [2.45, 2.75) is 37.5 Å². The maximum Gasteiger partial charge on any atom is 0.274 e. The average Bonchev–Trinajstić information content (AvgIpc) is 3.29. The Kier molecular flexibility index (Phi) is 3.80. The molecule has 3 aromatic rings. The zero-order valence-electron chi connectivity index (χ0n) is 15.1. The molecule has 1 N–H and O–H groups in total. The van der Waals surface area contributed by atoms with Gasteiger partial charge >= 0.3 is 0 Å². The fourth-order valence-corrected chi connectivity index (χ4v) is 3.70. The third-order valence-electron chi connectivity index (χ3n) is 5.45. The van der Waals surface area contributed by atoms with Crippen molar-refractivity contribution < 1.29 is 9.53 Å². The lowest BCUT2D eigenvalue weighted by molar-refractivity contribution is 0.0704. The molecule has 1 saturated heterocycles. The van der Waals surface area contributed by atoms with Crippen LogP contribution in [-0.4, -0.2) is 61.0 Å². The summed E-state index contributed by atoms with van der Waals surface area (Å²) >= 11 is 0. The van der Waals surface area contributed by atoms with Gasteiger partial charge in [-0.2, -0.15) is 9.61 Å². The number of aromatic nitrogens is 6. The summed E-state index contributed by atoms with van der Waals surface area (Å²) in [5.41, 5.74) is 2.31. The van der Waals surface area contributed by atoms with Crippen LogP contribution in [0.25, 0.3) is 5.65 Å². The minimum Gasteiger partial charge on any atom is -0.480 e. The van der Waals surface area contributed by atoms with Crippen LogP contribution < -0.4 is 4.74 Å². The number of ether oxygens (including phenoxy) is 1. The van der Waals surface area contributed by atoms with Gasteiger partial charge in [0, 0.05) is 36.7 Å². The van der Waals surface area contributed by atoms with Gasteiger partial charge in [-0.3, -0.25) is 9.89 Å². The number of carbonyl (C=O) groups is 1. The topological polar surface area (TPSA) is 101 Å². The van der Waals surface area contributed by atoms with E-state index in [1.165, 1.54) is 12.8 Å². The van der Waals surface area contributed by atoms with Crippen LogP contribution in [0.5, 0.6) is 5.88 Å². The van der Waals surface area contributed by atoms with Crippen LogP contribution in [0, 0.1) is 0 Å². The normalized spacial score (nSPS) is 18.2. The van der Waals surface area contributed by atoms with Gasteiger partial charge < -0.3 is 9.64 Å². The highest BCUT2D eigenvalue weighted by Crippen LogP contribution is 2.39. The minimum atomic E-state index is 0.00231. The first kappa shape index (κ1) is 16.2. The van der Waals surface area contributed by atoms with Crippen LogP contribution in [0.1, 0.15) is 59.5 Å². The van der Waals surface area contributed by atoms with Crippen LogP contribution >= 0.6 is 0 Å². The van der Waals surface area contributed by atoms with Gasteiger partial charge in [-0.05, 0) is 37.8 Å². The zero-order chi connectivity index (χ0) is 18.4. The summed E-state index contributed by atoms with van der Waals surface area (Å²) in [6.07, 6.45) is 4.02. The maximum absolute atomic E-state index is 12.7. The van der Waals surface area contributed by atoms with Gasteiger partial charge in [0.05, 0.1) is 7.11 Å². The quantitative estimate of drug-likeness (QED) is 0.754. The molecule has 5 rings (SSSR count). The molecule has 1 aliphatic heterocycles. The first-order valence-electron chi connectivity index (χ1n) is 9.34. The molecule has 0 bridgehead atoms. The minimum absolute atomic E-state index is 0.00231. The molecule has 27 heavy (non-hydrogen) atoms. The number of carbonyl (C=O) groups excluding carboxylic acids is 1. The molecule has 0 spiro atoms. The van der Waals surface area contributed by atoms with Crippen LogP contribution in [0.15, 0.2) is 18.2 Å². The van der Waals surface area contributed by atoms with Crippen LogP contribution in [0.4, 0.5) is 0 Å². The lowest BCUT2D eigenvalue weighted by Crippen LogP contribution is -2.38. The smallest absolute Gasteiger partial charge is 0.274 e. The van der Waals surface area contributed by atoms with Gasteiger partial charge in [0.15, 0.2) is 11.5 Å². The van der Waals surface area contributed by atoms with Crippen molar-refractivity contribution in [3.8, 4) is 5.88 Å². The van der Waals surface area contributed by atoms with Crippen molar-refractivity contribution in [3.63, 3.8) is 0 Å². The second-order valence-corrected chi connectivity index (χ2v) is 7.25. The Hall–Kier alpha value is -2.97. The van der Waals surface area contributed by atoms with E-state index in [0.717, 1.165) is 24.4 Å². The standard InChI is InChI=1S/C18H21N7O2/c1-27-16-5-4-15-21-22-17(25(15)23-16)12-6-8-24(9-7-12)18(26)14-10-13(19-20-14)11-2-3-11/h4-5,10-12H,2-3,6-9H2,1H3,(H,19,20). The van der Waals surface area contributed by atoms with E-state index in [1.54, 1.807) is 17.7 Å². The molecule has 2 fully saturated rings. The summed E-state index contributed by atoms with van der Waals surface area (Å²) in [4.78, 5) is 14.6. The van der Waals surface area contributed by atoms with E-state index in [-0.39, 0.29) is 11.8 Å². The summed E-state index contributed by atoms with van der Waals surface area (Å²) in [6, 6.07) is 5.53. The van der Waals surface area contributed by atoms with Crippen molar-refractivity contribution in [3.05, 3.63) is 35.4 Å². The molecule has 0 atom stereocenters. The van der Waals surface area contributed by atoms with Gasteiger partial charge in [-0.15, -0.1) is 15.3 Å². The summed E-state index contributed by atoms with van der Waals surface area (Å²) in [5.74, 6) is 2.14. The number of H-pyrrole nitrogens is 1. The van der Waals surface area contributed by atoms with Crippen molar-refractivity contribution in [1.29, 1.82) is 0 Å². The number of hydrogen-bond acceptors (Lipinski definition) is 6. The number of piperidine rings is 1. The second-order valence-electron chi connectivity index (χ2n) is 7.25. The van der Waals surface area contributed by atoms with Gasteiger partial charge in [-0.1, -0.05) is 0 Å². The van der Waals surface area contributed by atoms with Gasteiger partial charge in [0.2, 0.25) is 5.88 Å². The first-order valence-corrected chi connectivity index (χ1v) is 9.34. The van der Waals surface area contributed by atoms with E-state index < -0.39 is 0 Å². The van der Waals surface area contributed by atoms with Crippen molar-refractivity contribution in [2.24, 2.45) is 0 Å². The number of hydrogen-bond donors (Lipinski definition) is 1. The number of likely N-dealkylation sites (tertiary alicyclic amines) is 1. The van der Waals surface area contributed by atoms with Gasteiger partial charge in [-0.25, -0.2) is 0 Å². The Morgan fingerprint density at radius 3 is 2.70 bits per heavy atom. The summed E-state index contributed by atoms with van der Waals surface area (Å²) in [6.45, 7) is 1.35. The van der Waals surface area contributed by atoms with E-state index in [4.69, 9.17) is 4.74 Å². The number of methoxy groups -OCH3 is 1. The Bertz CT molecular complexity index is 983. The number of aromatic amines is 1. The molecule has 2 aliphatic rings. The van der Waals surface area contributed by atoms with E-state index >= 15 is 0 Å². The number of nitrogens with one attached hydrogen (secondary N) is 1. The van der Waals surface area contributed by atoms with E-state index in [1.807, 2.05) is 17.0 Å². The molecule has 0 aromatic carbocycles. The molecule has 1 aliphatic carbocycles. The van der Waals surface area contributed by atoms with Gasteiger partial charge in [0.25, 0.3) is 5.91 Å². The van der Waals surface area contributed by atoms with E-state index in [0.29, 0.717) is 36.2 Å². The molecule has 0 unspecified atom stereocenters. The fraction of sp³-hybridized carbons (Fsp3) is 0.500. The summed E-state index contributed by atoms with van der Waals surface area (Å²) in [7, 11) is 1.59. The van der Waals surface area contributed by atoms with Gasteiger partial charge in [0.1, 0.15) is 5.69 Å². The molecule has 1 saturated carbocycles. The molecule has 140 valence electrons. The third kappa shape index (κ3) is 2.92. The molecule has 4 heterocycles. The number of rotatable bonds is 4. The predicted molar refractivity (Wildman–Crippen MR) is 95.8 cm³/mol. The molecule has 0 radical (unpaired) electrons. The Balaban J connectivity index is 1.29. The van der Waals surface area contributed by atoms with Crippen LogP contribution in [0.2, 0.25) is 0 Å². The molecule has 1 amide bonds. The Morgan fingerprint density at radius 1 is 1.15 bits per heavy atom. The van der Waals surface area contributed by atoms with Crippen molar-refractivity contribution in [1.82, 2.24) is 34.9 Å². The van der Waals surface area contributed by atoms with Crippen LogP contribution in [-0.2, 0) is 0 Å². The van der Waals surface area contributed by atoms with E-state index in [9.17, 15) is 4.79 Å². The zero-order valence-corrected chi connectivity index (χ0v) is 15.1. The molecular weight excluding hydrogens is 346 g/mol.